The molecule has 0 N–H and O–H groups in total. The van der Waals surface area contributed by atoms with Crippen LogP contribution < -0.4 is 0 Å². The largest absolute Gasteiger partial charge is 0.342 e. The van der Waals surface area contributed by atoms with Crippen molar-refractivity contribution in [3.63, 3.8) is 0 Å². The zero-order chi connectivity index (χ0) is 12.8. The molecule has 1 aromatic rings. The smallest absolute Gasteiger partial charge is 0.209 e. The highest BCUT2D eigenvalue weighted by molar-refractivity contribution is 5.48. The van der Waals surface area contributed by atoms with Crippen molar-refractivity contribution in [2.24, 2.45) is 0 Å². The Hall–Kier alpha value is -1.31. The van der Waals surface area contributed by atoms with Crippen LogP contribution in [0.3, 0.4) is 0 Å². The van der Waals surface area contributed by atoms with E-state index >= 15 is 0 Å². The second kappa shape index (κ2) is 6.58. The van der Waals surface area contributed by atoms with Gasteiger partial charge in [0.05, 0.1) is 0 Å². The van der Waals surface area contributed by atoms with Crippen LogP contribution in [-0.4, -0.2) is 23.9 Å². The minimum atomic E-state index is 0.431. The first-order chi connectivity index (χ1) is 8.85. The summed E-state index contributed by atoms with van der Waals surface area (Å²) in [6.07, 6.45) is 6.77. The fourth-order valence-corrected chi connectivity index (χ4v) is 3.07. The molecule has 2 rings (SSSR count). The number of carbonyl (C=O) groups excluding carboxylic acids is 1. The Kier molecular flexibility index (Phi) is 4.80. The van der Waals surface area contributed by atoms with Crippen molar-refractivity contribution in [3.8, 4) is 0 Å². The standard InChI is InChI=1S/C16H23NO/c1-2-7-16-12-15(10-6-11-17(16)13-18)14-8-4-3-5-9-14/h3-5,8-9,13,15-16H,2,6-7,10-12H2,1H3. The predicted molar refractivity (Wildman–Crippen MR) is 74.5 cm³/mol. The van der Waals surface area contributed by atoms with Gasteiger partial charge in [-0.15, -0.1) is 0 Å². The van der Waals surface area contributed by atoms with Crippen molar-refractivity contribution in [1.29, 1.82) is 0 Å². The SMILES string of the molecule is CCCC1CC(c2ccccc2)CCCN1C=O. The first-order valence-electron chi connectivity index (χ1n) is 7.11. The van der Waals surface area contributed by atoms with Crippen LogP contribution in [0.2, 0.25) is 0 Å². The molecule has 98 valence electrons. The van der Waals surface area contributed by atoms with Gasteiger partial charge in [-0.1, -0.05) is 43.7 Å². The zero-order valence-corrected chi connectivity index (χ0v) is 11.2. The molecule has 0 bridgehead atoms. The molecule has 1 aromatic carbocycles. The lowest BCUT2D eigenvalue weighted by molar-refractivity contribution is -0.120. The van der Waals surface area contributed by atoms with Gasteiger partial charge in [0, 0.05) is 12.6 Å². The summed E-state index contributed by atoms with van der Waals surface area (Å²) in [6, 6.07) is 11.2. The van der Waals surface area contributed by atoms with Gasteiger partial charge in [-0.2, -0.15) is 0 Å². The first-order valence-corrected chi connectivity index (χ1v) is 7.11. The number of benzene rings is 1. The number of hydrogen-bond acceptors (Lipinski definition) is 1. The monoisotopic (exact) mass is 245 g/mol. The lowest BCUT2D eigenvalue weighted by Gasteiger charge is -2.27. The Bertz CT molecular complexity index is 363. The highest BCUT2D eigenvalue weighted by Crippen LogP contribution is 2.32. The van der Waals surface area contributed by atoms with Gasteiger partial charge in [-0.3, -0.25) is 4.79 Å². The van der Waals surface area contributed by atoms with Gasteiger partial charge in [0.2, 0.25) is 6.41 Å². The Morgan fingerprint density at radius 2 is 2.11 bits per heavy atom. The number of likely N-dealkylation sites (tertiary alicyclic amines) is 1. The maximum absolute atomic E-state index is 11.2. The van der Waals surface area contributed by atoms with Crippen molar-refractivity contribution >= 4 is 6.41 Å². The molecule has 1 heterocycles. The van der Waals surface area contributed by atoms with E-state index < -0.39 is 0 Å². The summed E-state index contributed by atoms with van der Waals surface area (Å²) in [5.41, 5.74) is 1.44. The normalized spacial score (nSPS) is 24.6. The molecule has 1 fully saturated rings. The third kappa shape index (κ3) is 3.12. The lowest BCUT2D eigenvalue weighted by atomic mass is 9.88. The van der Waals surface area contributed by atoms with E-state index in [1.54, 1.807) is 0 Å². The molecule has 0 spiro atoms. The molecule has 2 nitrogen and oxygen atoms in total. The van der Waals surface area contributed by atoms with Crippen molar-refractivity contribution in [2.75, 3.05) is 6.54 Å². The molecular weight excluding hydrogens is 222 g/mol. The second-order valence-corrected chi connectivity index (χ2v) is 5.27. The van der Waals surface area contributed by atoms with Gasteiger partial charge >= 0.3 is 0 Å². The number of rotatable bonds is 4. The molecule has 1 amide bonds. The molecule has 1 aliphatic heterocycles. The van der Waals surface area contributed by atoms with Crippen LogP contribution in [0, 0.1) is 0 Å². The minimum absolute atomic E-state index is 0.431. The van der Waals surface area contributed by atoms with E-state index in [9.17, 15) is 4.79 Å². The molecule has 18 heavy (non-hydrogen) atoms. The van der Waals surface area contributed by atoms with Gasteiger partial charge in [0.25, 0.3) is 0 Å². The van der Waals surface area contributed by atoms with Crippen molar-refractivity contribution in [2.45, 2.75) is 51.0 Å². The molecule has 0 aromatic heterocycles. The summed E-state index contributed by atoms with van der Waals surface area (Å²) in [4.78, 5) is 13.2. The van der Waals surface area contributed by atoms with Gasteiger partial charge in [0.15, 0.2) is 0 Å². The first kappa shape index (κ1) is 13.1. The van der Waals surface area contributed by atoms with Crippen LogP contribution in [0.4, 0.5) is 0 Å². The molecular formula is C16H23NO. The van der Waals surface area contributed by atoms with Crippen LogP contribution in [0.25, 0.3) is 0 Å². The summed E-state index contributed by atoms with van der Waals surface area (Å²) in [5, 5.41) is 0. The Labute approximate surface area is 110 Å². The van der Waals surface area contributed by atoms with Crippen molar-refractivity contribution < 1.29 is 4.79 Å². The Morgan fingerprint density at radius 3 is 2.78 bits per heavy atom. The van der Waals surface area contributed by atoms with Gasteiger partial charge in [0.1, 0.15) is 0 Å². The molecule has 2 unspecified atom stereocenters. The molecule has 2 atom stereocenters. The number of amides is 1. The van der Waals surface area contributed by atoms with E-state index in [2.05, 4.69) is 37.3 Å². The Morgan fingerprint density at radius 1 is 1.33 bits per heavy atom. The van der Waals surface area contributed by atoms with E-state index in [4.69, 9.17) is 0 Å². The molecule has 2 heteroatoms. The average molecular weight is 245 g/mol. The van der Waals surface area contributed by atoms with E-state index in [0.29, 0.717) is 12.0 Å². The summed E-state index contributed by atoms with van der Waals surface area (Å²) >= 11 is 0. The van der Waals surface area contributed by atoms with Crippen LogP contribution >= 0.6 is 0 Å². The summed E-state index contributed by atoms with van der Waals surface area (Å²) in [7, 11) is 0. The van der Waals surface area contributed by atoms with Crippen LogP contribution in [0.1, 0.15) is 50.5 Å². The van der Waals surface area contributed by atoms with Gasteiger partial charge in [-0.05, 0) is 37.2 Å². The highest BCUT2D eigenvalue weighted by atomic mass is 16.1. The van der Waals surface area contributed by atoms with Gasteiger partial charge in [-0.25, -0.2) is 0 Å². The second-order valence-electron chi connectivity index (χ2n) is 5.27. The summed E-state index contributed by atoms with van der Waals surface area (Å²) in [5.74, 6) is 0.618. The van der Waals surface area contributed by atoms with E-state index in [1.165, 1.54) is 12.0 Å². The quantitative estimate of drug-likeness (QED) is 0.742. The fourth-order valence-electron chi connectivity index (χ4n) is 3.07. The zero-order valence-electron chi connectivity index (χ0n) is 11.2. The van der Waals surface area contributed by atoms with Crippen molar-refractivity contribution in [1.82, 2.24) is 4.90 Å². The number of carbonyl (C=O) groups is 1. The lowest BCUT2D eigenvalue weighted by Crippen LogP contribution is -2.34. The summed E-state index contributed by atoms with van der Waals surface area (Å²) < 4.78 is 0. The predicted octanol–water partition coefficient (Wildman–Crippen LogP) is 3.58. The molecule has 0 saturated carbocycles. The Balaban J connectivity index is 2.11. The molecule has 0 radical (unpaired) electrons. The average Bonchev–Trinajstić information content (AvgIpc) is 2.62. The van der Waals surface area contributed by atoms with Crippen LogP contribution in [-0.2, 0) is 4.79 Å². The van der Waals surface area contributed by atoms with Gasteiger partial charge < -0.3 is 4.90 Å². The molecule has 1 saturated heterocycles. The summed E-state index contributed by atoms with van der Waals surface area (Å²) in [6.45, 7) is 3.13. The third-order valence-electron chi connectivity index (χ3n) is 4.02. The van der Waals surface area contributed by atoms with E-state index in [-0.39, 0.29) is 0 Å². The third-order valence-corrected chi connectivity index (χ3v) is 4.02. The number of hydrogen-bond donors (Lipinski definition) is 0. The van der Waals surface area contributed by atoms with E-state index in [1.807, 2.05) is 4.90 Å². The molecule has 0 aliphatic carbocycles. The van der Waals surface area contributed by atoms with Crippen LogP contribution in [0.5, 0.6) is 0 Å². The van der Waals surface area contributed by atoms with Crippen LogP contribution in [0.15, 0.2) is 30.3 Å². The maximum atomic E-state index is 11.2. The number of nitrogens with zero attached hydrogens (tertiary/aromatic N) is 1. The topological polar surface area (TPSA) is 20.3 Å². The minimum Gasteiger partial charge on any atom is -0.342 e. The maximum Gasteiger partial charge on any atom is 0.209 e. The fraction of sp³-hybridized carbons (Fsp3) is 0.562. The van der Waals surface area contributed by atoms with Crippen molar-refractivity contribution in [3.05, 3.63) is 35.9 Å². The molecule has 1 aliphatic rings. The van der Waals surface area contributed by atoms with E-state index in [0.717, 1.165) is 38.6 Å². The highest BCUT2D eigenvalue weighted by Gasteiger charge is 2.25.